The van der Waals surface area contributed by atoms with Gasteiger partial charge in [0.1, 0.15) is 0 Å². The van der Waals surface area contributed by atoms with E-state index in [4.69, 9.17) is 5.73 Å². The first kappa shape index (κ1) is 11.3. The second kappa shape index (κ2) is 4.75. The molecule has 0 radical (unpaired) electrons. The summed E-state index contributed by atoms with van der Waals surface area (Å²) in [5, 5.41) is 10.6. The highest BCUT2D eigenvalue weighted by molar-refractivity contribution is 5.34. The zero-order valence-corrected chi connectivity index (χ0v) is 9.11. The Kier molecular flexibility index (Phi) is 3.15. The van der Waals surface area contributed by atoms with Crippen LogP contribution in [0.5, 0.6) is 0 Å². The van der Waals surface area contributed by atoms with E-state index in [-0.39, 0.29) is 5.69 Å². The van der Waals surface area contributed by atoms with Gasteiger partial charge in [-0.3, -0.25) is 10.1 Å². The summed E-state index contributed by atoms with van der Waals surface area (Å²) < 4.78 is 1.87. The van der Waals surface area contributed by atoms with Gasteiger partial charge in [-0.05, 0) is 5.56 Å². The third-order valence-electron chi connectivity index (χ3n) is 2.48. The van der Waals surface area contributed by atoms with Gasteiger partial charge >= 0.3 is 0 Å². The predicted molar refractivity (Wildman–Crippen MR) is 62.3 cm³/mol. The average molecular weight is 232 g/mol. The zero-order valence-electron chi connectivity index (χ0n) is 9.11. The predicted octanol–water partition coefficient (Wildman–Crippen LogP) is 1.30. The number of nitrogens with two attached hydrogens (primary N) is 1. The first-order valence-corrected chi connectivity index (χ1v) is 5.13. The second-order valence-corrected chi connectivity index (χ2v) is 3.64. The molecule has 0 amide bonds. The molecule has 0 saturated carbocycles. The molecule has 2 rings (SSSR count). The molecule has 0 aliphatic heterocycles. The van der Waals surface area contributed by atoms with Gasteiger partial charge in [-0.1, -0.05) is 12.1 Å². The van der Waals surface area contributed by atoms with E-state index in [1.807, 2.05) is 10.6 Å². The lowest BCUT2D eigenvalue weighted by atomic mass is 10.2. The van der Waals surface area contributed by atoms with E-state index in [0.717, 1.165) is 11.3 Å². The molecular formula is C11H12N4O2. The minimum atomic E-state index is -0.402. The molecule has 1 aromatic heterocycles. The van der Waals surface area contributed by atoms with E-state index in [9.17, 15) is 10.1 Å². The molecule has 6 nitrogen and oxygen atoms in total. The minimum Gasteiger partial charge on any atom is -0.329 e. The van der Waals surface area contributed by atoms with Crippen molar-refractivity contribution in [1.29, 1.82) is 0 Å². The lowest BCUT2D eigenvalue weighted by molar-refractivity contribution is -0.384. The summed E-state index contributed by atoms with van der Waals surface area (Å²) in [7, 11) is 0. The molecule has 1 aromatic carbocycles. The third-order valence-corrected chi connectivity index (χ3v) is 2.48. The molecule has 0 saturated heterocycles. The van der Waals surface area contributed by atoms with E-state index in [1.54, 1.807) is 24.7 Å². The number of non-ortho nitro benzene ring substituents is 1. The molecule has 2 N–H and O–H groups in total. The smallest absolute Gasteiger partial charge is 0.269 e. The molecule has 0 aliphatic carbocycles. The van der Waals surface area contributed by atoms with Crippen LogP contribution in [0.25, 0.3) is 0 Å². The maximum Gasteiger partial charge on any atom is 0.269 e. The normalized spacial score (nSPS) is 10.4. The number of rotatable bonds is 4. The van der Waals surface area contributed by atoms with Crippen molar-refractivity contribution in [3.05, 3.63) is 58.2 Å². The van der Waals surface area contributed by atoms with Crippen molar-refractivity contribution in [3.63, 3.8) is 0 Å². The van der Waals surface area contributed by atoms with Crippen molar-refractivity contribution in [2.75, 3.05) is 0 Å². The van der Waals surface area contributed by atoms with Crippen molar-refractivity contribution in [1.82, 2.24) is 9.55 Å². The lowest BCUT2D eigenvalue weighted by Crippen LogP contribution is -2.07. The number of imidazole rings is 1. The maximum atomic E-state index is 10.6. The van der Waals surface area contributed by atoms with Crippen LogP contribution in [0.2, 0.25) is 0 Å². The Balaban J connectivity index is 2.24. The van der Waals surface area contributed by atoms with Crippen molar-refractivity contribution in [2.24, 2.45) is 5.73 Å². The number of benzene rings is 1. The number of nitro benzene ring substituents is 1. The Morgan fingerprint density at radius 2 is 2.29 bits per heavy atom. The summed E-state index contributed by atoms with van der Waals surface area (Å²) in [6, 6.07) is 6.54. The van der Waals surface area contributed by atoms with Gasteiger partial charge in [-0.25, -0.2) is 4.98 Å². The molecule has 17 heavy (non-hydrogen) atoms. The number of aromatic nitrogens is 2. The maximum absolute atomic E-state index is 10.6. The van der Waals surface area contributed by atoms with Crippen LogP contribution in [0.15, 0.2) is 36.8 Å². The summed E-state index contributed by atoms with van der Waals surface area (Å²) in [4.78, 5) is 14.2. The van der Waals surface area contributed by atoms with Crippen LogP contribution in [-0.2, 0) is 13.1 Å². The van der Waals surface area contributed by atoms with Crippen LogP contribution in [0, 0.1) is 10.1 Å². The Bertz CT molecular complexity index is 536. The van der Waals surface area contributed by atoms with Crippen LogP contribution < -0.4 is 5.73 Å². The first-order chi connectivity index (χ1) is 8.20. The Hall–Kier alpha value is -2.21. The number of nitrogens with zero attached hydrogens (tertiary/aromatic N) is 3. The quantitative estimate of drug-likeness (QED) is 0.635. The van der Waals surface area contributed by atoms with Gasteiger partial charge in [-0.2, -0.15) is 0 Å². The summed E-state index contributed by atoms with van der Waals surface area (Å²) in [5.41, 5.74) is 7.41. The molecule has 88 valence electrons. The fraction of sp³-hybridized carbons (Fsp3) is 0.182. The standard InChI is InChI=1S/C11H12N4O2/c12-5-11-6-13-8-14(11)7-9-2-1-3-10(4-9)15(16)17/h1-4,6,8H,5,7,12H2. The fourth-order valence-electron chi connectivity index (χ4n) is 1.63. The van der Waals surface area contributed by atoms with E-state index in [1.165, 1.54) is 6.07 Å². The molecule has 0 unspecified atom stereocenters. The summed E-state index contributed by atoms with van der Waals surface area (Å²) in [6.07, 6.45) is 3.36. The summed E-state index contributed by atoms with van der Waals surface area (Å²) in [5.74, 6) is 0. The van der Waals surface area contributed by atoms with Crippen LogP contribution in [-0.4, -0.2) is 14.5 Å². The molecule has 6 heteroatoms. The Morgan fingerprint density at radius 3 is 3.00 bits per heavy atom. The molecule has 0 spiro atoms. The molecular weight excluding hydrogens is 220 g/mol. The summed E-state index contributed by atoms with van der Waals surface area (Å²) in [6.45, 7) is 0.934. The van der Waals surface area contributed by atoms with Gasteiger partial charge in [0, 0.05) is 31.4 Å². The van der Waals surface area contributed by atoms with Gasteiger partial charge in [0.25, 0.3) is 5.69 Å². The van der Waals surface area contributed by atoms with E-state index < -0.39 is 4.92 Å². The van der Waals surface area contributed by atoms with Crippen molar-refractivity contribution in [2.45, 2.75) is 13.1 Å². The van der Waals surface area contributed by atoms with Gasteiger partial charge < -0.3 is 10.3 Å². The molecule has 2 aromatic rings. The largest absolute Gasteiger partial charge is 0.329 e. The average Bonchev–Trinajstić information content (AvgIpc) is 2.76. The molecule has 0 fully saturated rings. The van der Waals surface area contributed by atoms with E-state index >= 15 is 0 Å². The van der Waals surface area contributed by atoms with Crippen LogP contribution in [0.4, 0.5) is 5.69 Å². The van der Waals surface area contributed by atoms with Gasteiger partial charge in [0.05, 0.1) is 16.9 Å². The Labute approximate surface area is 97.9 Å². The van der Waals surface area contributed by atoms with Crippen LogP contribution >= 0.6 is 0 Å². The highest BCUT2D eigenvalue weighted by Crippen LogP contribution is 2.14. The van der Waals surface area contributed by atoms with E-state index in [0.29, 0.717) is 13.1 Å². The highest BCUT2D eigenvalue weighted by atomic mass is 16.6. The second-order valence-electron chi connectivity index (χ2n) is 3.64. The number of nitro groups is 1. The molecule has 0 atom stereocenters. The van der Waals surface area contributed by atoms with Gasteiger partial charge in [-0.15, -0.1) is 0 Å². The Morgan fingerprint density at radius 1 is 1.47 bits per heavy atom. The number of hydrogen-bond donors (Lipinski definition) is 1. The van der Waals surface area contributed by atoms with Crippen LogP contribution in [0.1, 0.15) is 11.3 Å². The monoisotopic (exact) mass is 232 g/mol. The SMILES string of the molecule is NCc1cncn1Cc1cccc([N+](=O)[O-])c1. The topological polar surface area (TPSA) is 87.0 Å². The lowest BCUT2D eigenvalue weighted by Gasteiger charge is -2.06. The van der Waals surface area contributed by atoms with Crippen molar-refractivity contribution < 1.29 is 4.92 Å². The van der Waals surface area contributed by atoms with Crippen molar-refractivity contribution in [3.8, 4) is 0 Å². The summed E-state index contributed by atoms with van der Waals surface area (Å²) >= 11 is 0. The number of hydrogen-bond acceptors (Lipinski definition) is 4. The zero-order chi connectivity index (χ0) is 12.3. The minimum absolute atomic E-state index is 0.0944. The van der Waals surface area contributed by atoms with Crippen LogP contribution in [0.3, 0.4) is 0 Å². The van der Waals surface area contributed by atoms with E-state index in [2.05, 4.69) is 4.98 Å². The fourth-order valence-corrected chi connectivity index (χ4v) is 1.63. The molecule has 1 heterocycles. The highest BCUT2D eigenvalue weighted by Gasteiger charge is 2.07. The van der Waals surface area contributed by atoms with Gasteiger partial charge in [0.2, 0.25) is 0 Å². The first-order valence-electron chi connectivity index (χ1n) is 5.13. The molecule has 0 bridgehead atoms. The van der Waals surface area contributed by atoms with Crippen molar-refractivity contribution >= 4 is 5.69 Å². The molecule has 0 aliphatic rings. The third kappa shape index (κ3) is 2.48. The van der Waals surface area contributed by atoms with Gasteiger partial charge in [0.15, 0.2) is 0 Å².